The van der Waals surface area contributed by atoms with Gasteiger partial charge in [-0.05, 0) is 37.0 Å². The topological polar surface area (TPSA) is 70.1 Å². The highest BCUT2D eigenvalue weighted by Crippen LogP contribution is 2.18. The van der Waals surface area contributed by atoms with E-state index >= 15 is 0 Å². The van der Waals surface area contributed by atoms with Gasteiger partial charge in [0.2, 0.25) is 5.91 Å². The minimum Gasteiger partial charge on any atom is -0.327 e. The fourth-order valence-corrected chi connectivity index (χ4v) is 2.58. The summed E-state index contributed by atoms with van der Waals surface area (Å²) < 4.78 is 13.1. The molecule has 2 rings (SSSR count). The van der Waals surface area contributed by atoms with E-state index in [0.29, 0.717) is 13.0 Å². The average molecular weight is 275 g/mol. The second-order valence-electron chi connectivity index (χ2n) is 5.17. The van der Waals surface area contributed by atoms with Gasteiger partial charge in [0, 0.05) is 19.0 Å². The molecule has 0 aliphatic carbocycles. The second-order valence-corrected chi connectivity index (χ2v) is 5.17. The van der Waals surface area contributed by atoms with Gasteiger partial charge in [0.1, 0.15) is 11.9 Å². The maximum Gasteiger partial charge on any atom is 0.225 e. The van der Waals surface area contributed by atoms with Crippen LogP contribution in [0.15, 0.2) is 24.3 Å². The Morgan fingerprint density at radius 3 is 3.10 bits per heavy atom. The van der Waals surface area contributed by atoms with Crippen LogP contribution in [-0.2, 0) is 11.2 Å². The zero-order valence-electron chi connectivity index (χ0n) is 11.3. The fourth-order valence-electron chi connectivity index (χ4n) is 2.58. The molecule has 4 nitrogen and oxygen atoms in total. The number of nitriles is 1. The second kappa shape index (κ2) is 6.49. The van der Waals surface area contributed by atoms with Crippen LogP contribution >= 0.6 is 0 Å². The molecule has 0 saturated carbocycles. The van der Waals surface area contributed by atoms with Crippen molar-refractivity contribution in [2.24, 2.45) is 5.73 Å². The van der Waals surface area contributed by atoms with Crippen molar-refractivity contribution in [3.05, 3.63) is 35.6 Å². The molecule has 1 heterocycles. The smallest absolute Gasteiger partial charge is 0.225 e. The van der Waals surface area contributed by atoms with Gasteiger partial charge in [-0.15, -0.1) is 0 Å². The summed E-state index contributed by atoms with van der Waals surface area (Å²) in [7, 11) is 0. The van der Waals surface area contributed by atoms with Gasteiger partial charge in [0.05, 0.1) is 6.07 Å². The lowest BCUT2D eigenvalue weighted by Gasteiger charge is -2.21. The minimum atomic E-state index is -0.357. The highest BCUT2D eigenvalue weighted by molar-refractivity contribution is 5.77. The van der Waals surface area contributed by atoms with E-state index in [1.807, 2.05) is 0 Å². The lowest BCUT2D eigenvalue weighted by atomic mass is 10.0. The summed E-state index contributed by atoms with van der Waals surface area (Å²) in [5.74, 6) is -0.386. The number of nitrogens with zero attached hydrogens (tertiary/aromatic N) is 2. The van der Waals surface area contributed by atoms with Gasteiger partial charge >= 0.3 is 0 Å². The Morgan fingerprint density at radius 2 is 2.40 bits per heavy atom. The van der Waals surface area contributed by atoms with Crippen molar-refractivity contribution in [1.29, 1.82) is 5.26 Å². The molecule has 20 heavy (non-hydrogen) atoms. The van der Waals surface area contributed by atoms with Crippen LogP contribution in [0, 0.1) is 17.1 Å². The molecule has 0 spiro atoms. The number of hydrogen-bond acceptors (Lipinski definition) is 3. The van der Waals surface area contributed by atoms with E-state index in [1.54, 1.807) is 17.0 Å². The predicted octanol–water partition coefficient (Wildman–Crippen LogP) is 1.60. The molecule has 1 amide bonds. The summed E-state index contributed by atoms with van der Waals surface area (Å²) in [6.07, 6.45) is 2.24. The Labute approximate surface area is 118 Å². The molecule has 0 aromatic heterocycles. The number of amides is 1. The Bertz CT molecular complexity index is 526. The van der Waals surface area contributed by atoms with Crippen molar-refractivity contribution in [3.8, 4) is 6.07 Å². The number of hydrogen-bond donors (Lipinski definition) is 1. The standard InChI is InChI=1S/C15H18FN3O/c16-12-4-1-3-11(7-12)8-13(18)9-15(20)19-6-2-5-14(19)10-17/h1,3-4,7,13-14H,2,5-6,8-9,18H2/t13-,14+/m1/s1. The van der Waals surface area contributed by atoms with Crippen LogP contribution in [0.1, 0.15) is 24.8 Å². The van der Waals surface area contributed by atoms with Crippen LogP contribution in [0.3, 0.4) is 0 Å². The summed E-state index contributed by atoms with van der Waals surface area (Å²) >= 11 is 0. The van der Waals surface area contributed by atoms with Crippen LogP contribution in [0.2, 0.25) is 0 Å². The highest BCUT2D eigenvalue weighted by atomic mass is 19.1. The molecular weight excluding hydrogens is 257 g/mol. The fraction of sp³-hybridized carbons (Fsp3) is 0.467. The van der Waals surface area contributed by atoms with E-state index in [-0.39, 0.29) is 30.2 Å². The molecule has 2 N–H and O–H groups in total. The van der Waals surface area contributed by atoms with Crippen molar-refractivity contribution < 1.29 is 9.18 Å². The Balaban J connectivity index is 1.90. The lowest BCUT2D eigenvalue weighted by Crippen LogP contribution is -2.39. The number of rotatable bonds is 4. The minimum absolute atomic E-state index is 0.0852. The predicted molar refractivity (Wildman–Crippen MR) is 73.0 cm³/mol. The van der Waals surface area contributed by atoms with E-state index in [4.69, 9.17) is 11.0 Å². The highest BCUT2D eigenvalue weighted by Gasteiger charge is 2.29. The first kappa shape index (κ1) is 14.5. The lowest BCUT2D eigenvalue weighted by molar-refractivity contribution is -0.131. The molecule has 2 atom stereocenters. The average Bonchev–Trinajstić information content (AvgIpc) is 2.86. The van der Waals surface area contributed by atoms with Gasteiger partial charge in [-0.2, -0.15) is 5.26 Å². The molecule has 1 aliphatic heterocycles. The van der Waals surface area contributed by atoms with Crippen molar-refractivity contribution >= 4 is 5.91 Å². The Kier molecular flexibility index (Phi) is 4.70. The van der Waals surface area contributed by atoms with Crippen LogP contribution in [0.4, 0.5) is 4.39 Å². The SMILES string of the molecule is N#C[C@@H]1CCCN1C(=O)C[C@H](N)Cc1cccc(F)c1. The quantitative estimate of drug-likeness (QED) is 0.907. The monoisotopic (exact) mass is 275 g/mol. The van der Waals surface area contributed by atoms with Gasteiger partial charge in [-0.25, -0.2) is 4.39 Å². The van der Waals surface area contributed by atoms with Gasteiger partial charge in [-0.1, -0.05) is 12.1 Å². The third-order valence-corrected chi connectivity index (χ3v) is 3.55. The molecule has 1 fully saturated rings. The summed E-state index contributed by atoms with van der Waals surface area (Å²) in [5.41, 5.74) is 6.74. The summed E-state index contributed by atoms with van der Waals surface area (Å²) in [5, 5.41) is 8.97. The van der Waals surface area contributed by atoms with Crippen LogP contribution in [-0.4, -0.2) is 29.4 Å². The zero-order valence-corrected chi connectivity index (χ0v) is 11.3. The van der Waals surface area contributed by atoms with E-state index in [1.165, 1.54) is 12.1 Å². The molecule has 0 radical (unpaired) electrons. The van der Waals surface area contributed by atoms with E-state index < -0.39 is 0 Å². The number of benzene rings is 1. The summed E-state index contributed by atoms with van der Waals surface area (Å²) in [6.45, 7) is 0.629. The van der Waals surface area contributed by atoms with Crippen molar-refractivity contribution in [3.63, 3.8) is 0 Å². The van der Waals surface area contributed by atoms with Crippen LogP contribution in [0.25, 0.3) is 0 Å². The first-order valence-electron chi connectivity index (χ1n) is 6.79. The van der Waals surface area contributed by atoms with Crippen LogP contribution in [0.5, 0.6) is 0 Å². The van der Waals surface area contributed by atoms with Crippen molar-refractivity contribution in [2.75, 3.05) is 6.54 Å². The van der Waals surface area contributed by atoms with E-state index in [2.05, 4.69) is 6.07 Å². The third kappa shape index (κ3) is 3.55. The third-order valence-electron chi connectivity index (χ3n) is 3.55. The number of halogens is 1. The Morgan fingerprint density at radius 1 is 1.60 bits per heavy atom. The molecule has 1 aliphatic rings. The van der Waals surface area contributed by atoms with Gasteiger partial charge in [-0.3, -0.25) is 4.79 Å². The van der Waals surface area contributed by atoms with Gasteiger partial charge in [0.15, 0.2) is 0 Å². The van der Waals surface area contributed by atoms with Crippen LogP contribution < -0.4 is 5.73 Å². The normalized spacial score (nSPS) is 19.6. The molecule has 1 aromatic rings. The molecule has 106 valence electrons. The van der Waals surface area contributed by atoms with Gasteiger partial charge < -0.3 is 10.6 Å². The molecular formula is C15H18FN3O. The van der Waals surface area contributed by atoms with Crippen molar-refractivity contribution in [1.82, 2.24) is 4.90 Å². The van der Waals surface area contributed by atoms with Crippen molar-refractivity contribution in [2.45, 2.75) is 37.8 Å². The maximum absolute atomic E-state index is 13.1. The molecule has 0 bridgehead atoms. The first-order chi connectivity index (χ1) is 9.60. The van der Waals surface area contributed by atoms with E-state index in [0.717, 1.165) is 18.4 Å². The Hall–Kier alpha value is -1.93. The summed E-state index contributed by atoms with van der Waals surface area (Å²) in [4.78, 5) is 13.7. The number of carbonyl (C=O) groups is 1. The molecule has 1 aromatic carbocycles. The van der Waals surface area contributed by atoms with E-state index in [9.17, 15) is 9.18 Å². The number of carbonyl (C=O) groups excluding carboxylic acids is 1. The largest absolute Gasteiger partial charge is 0.327 e. The first-order valence-corrected chi connectivity index (χ1v) is 6.79. The molecule has 0 unspecified atom stereocenters. The maximum atomic E-state index is 13.1. The molecule has 1 saturated heterocycles. The number of nitrogens with two attached hydrogens (primary N) is 1. The molecule has 5 heteroatoms. The summed E-state index contributed by atoms with van der Waals surface area (Å²) in [6, 6.07) is 7.70. The number of likely N-dealkylation sites (tertiary alicyclic amines) is 1. The zero-order chi connectivity index (χ0) is 14.5. The van der Waals surface area contributed by atoms with Gasteiger partial charge in [0.25, 0.3) is 0 Å².